The second-order valence-corrected chi connectivity index (χ2v) is 7.31. The second kappa shape index (κ2) is 11.0. The molecule has 0 bridgehead atoms. The Balaban J connectivity index is 1.29. The molecule has 3 aromatic carbocycles. The second-order valence-electron chi connectivity index (χ2n) is 7.31. The Labute approximate surface area is 177 Å². The molecule has 0 saturated carbocycles. The van der Waals surface area contributed by atoms with E-state index in [0.717, 1.165) is 34.9 Å². The molecule has 0 aliphatic heterocycles. The van der Waals surface area contributed by atoms with Gasteiger partial charge in [0.2, 0.25) is 11.8 Å². The zero-order valence-corrected chi connectivity index (χ0v) is 17.3. The van der Waals surface area contributed by atoms with E-state index in [1.165, 1.54) is 5.56 Å². The van der Waals surface area contributed by atoms with Gasteiger partial charge in [0.15, 0.2) is 0 Å². The highest BCUT2D eigenvalue weighted by atomic mass is 16.5. The van der Waals surface area contributed by atoms with Gasteiger partial charge >= 0.3 is 0 Å². The van der Waals surface area contributed by atoms with Gasteiger partial charge in [-0.25, -0.2) is 0 Å². The Bertz CT molecular complexity index is 978. The van der Waals surface area contributed by atoms with Gasteiger partial charge < -0.3 is 15.4 Å². The number of carbonyl (C=O) groups excluding carboxylic acids is 2. The minimum absolute atomic E-state index is 0.0105. The molecule has 0 unspecified atom stereocenters. The van der Waals surface area contributed by atoms with Crippen molar-refractivity contribution in [3.05, 3.63) is 77.9 Å². The van der Waals surface area contributed by atoms with Crippen LogP contribution in [-0.4, -0.2) is 31.5 Å². The van der Waals surface area contributed by atoms with E-state index in [9.17, 15) is 9.59 Å². The third-order valence-electron chi connectivity index (χ3n) is 4.86. The minimum Gasteiger partial charge on any atom is -0.494 e. The van der Waals surface area contributed by atoms with Crippen LogP contribution in [0.5, 0.6) is 5.75 Å². The largest absolute Gasteiger partial charge is 0.494 e. The zero-order chi connectivity index (χ0) is 21.2. The summed E-state index contributed by atoms with van der Waals surface area (Å²) in [6.45, 7) is 3.21. The fourth-order valence-electron chi connectivity index (χ4n) is 3.20. The van der Waals surface area contributed by atoms with Gasteiger partial charge in [0.25, 0.3) is 0 Å². The number of benzene rings is 3. The van der Waals surface area contributed by atoms with Crippen molar-refractivity contribution in [1.29, 1.82) is 0 Å². The third-order valence-corrected chi connectivity index (χ3v) is 4.86. The van der Waals surface area contributed by atoms with E-state index >= 15 is 0 Å². The van der Waals surface area contributed by atoms with Crippen molar-refractivity contribution in [2.75, 3.05) is 19.7 Å². The lowest BCUT2D eigenvalue weighted by molar-refractivity contribution is -0.125. The van der Waals surface area contributed by atoms with Crippen molar-refractivity contribution < 1.29 is 14.3 Å². The fraction of sp³-hybridized carbons (Fsp3) is 0.280. The van der Waals surface area contributed by atoms with Gasteiger partial charge in [-0.2, -0.15) is 0 Å². The third kappa shape index (κ3) is 6.62. The van der Waals surface area contributed by atoms with Gasteiger partial charge in [-0.1, -0.05) is 60.2 Å². The van der Waals surface area contributed by atoms with Gasteiger partial charge in [0.05, 0.1) is 19.6 Å². The molecular weight excluding hydrogens is 376 g/mol. The van der Waals surface area contributed by atoms with Crippen molar-refractivity contribution in [3.63, 3.8) is 0 Å². The number of fused-ring (bicyclic) bond motifs is 1. The highest BCUT2D eigenvalue weighted by molar-refractivity contribution is 5.91. The van der Waals surface area contributed by atoms with Crippen LogP contribution < -0.4 is 15.4 Å². The molecule has 30 heavy (non-hydrogen) atoms. The molecule has 0 radical (unpaired) electrons. The standard InChI is InChI=1S/C25H28N2O3/c1-19-11-13-22(14-12-19)30-16-5-4-15-26-25(29)18-27-24(28)17-21-9-6-8-20-7-2-3-10-23(20)21/h2-3,6-14H,4-5,15-18H2,1H3,(H,26,29)(H,27,28). The van der Waals surface area contributed by atoms with Crippen LogP contribution in [0.25, 0.3) is 10.8 Å². The lowest BCUT2D eigenvalue weighted by Gasteiger charge is -2.09. The average Bonchev–Trinajstić information content (AvgIpc) is 2.76. The molecule has 0 atom stereocenters. The topological polar surface area (TPSA) is 67.4 Å². The number of amides is 2. The molecule has 3 aromatic rings. The number of hydrogen-bond donors (Lipinski definition) is 2. The lowest BCUT2D eigenvalue weighted by Crippen LogP contribution is -2.38. The highest BCUT2D eigenvalue weighted by Gasteiger charge is 2.08. The summed E-state index contributed by atoms with van der Waals surface area (Å²) in [5.41, 5.74) is 2.16. The van der Waals surface area contributed by atoms with Crippen molar-refractivity contribution in [2.24, 2.45) is 0 Å². The predicted molar refractivity (Wildman–Crippen MR) is 120 cm³/mol. The van der Waals surface area contributed by atoms with Crippen LogP contribution in [0.1, 0.15) is 24.0 Å². The Kier molecular flexibility index (Phi) is 7.84. The first-order chi connectivity index (χ1) is 14.6. The van der Waals surface area contributed by atoms with Crippen LogP contribution in [0.2, 0.25) is 0 Å². The number of aryl methyl sites for hydroxylation is 1. The van der Waals surface area contributed by atoms with Gasteiger partial charge in [0, 0.05) is 6.54 Å². The van der Waals surface area contributed by atoms with E-state index in [1.807, 2.05) is 73.7 Å². The molecule has 156 valence electrons. The molecule has 5 nitrogen and oxygen atoms in total. The maximum atomic E-state index is 12.2. The summed E-state index contributed by atoms with van der Waals surface area (Å²) in [4.78, 5) is 24.2. The van der Waals surface area contributed by atoms with Crippen LogP contribution in [0.4, 0.5) is 0 Å². The maximum Gasteiger partial charge on any atom is 0.239 e. The summed E-state index contributed by atoms with van der Waals surface area (Å²) in [6, 6.07) is 21.8. The van der Waals surface area contributed by atoms with Gasteiger partial charge in [-0.15, -0.1) is 0 Å². The summed E-state index contributed by atoms with van der Waals surface area (Å²) in [5, 5.41) is 7.69. The molecule has 0 aromatic heterocycles. The van der Waals surface area contributed by atoms with Gasteiger partial charge in [-0.05, 0) is 48.2 Å². The molecule has 2 amide bonds. The highest BCUT2D eigenvalue weighted by Crippen LogP contribution is 2.18. The number of rotatable bonds is 10. The molecule has 3 rings (SSSR count). The van der Waals surface area contributed by atoms with Crippen LogP contribution in [-0.2, 0) is 16.0 Å². The van der Waals surface area contributed by atoms with Crippen LogP contribution in [0.15, 0.2) is 66.7 Å². The van der Waals surface area contributed by atoms with Gasteiger partial charge in [0.1, 0.15) is 5.75 Å². The molecule has 2 N–H and O–H groups in total. The van der Waals surface area contributed by atoms with E-state index < -0.39 is 0 Å². The molecule has 5 heteroatoms. The summed E-state index contributed by atoms with van der Waals surface area (Å²) < 4.78 is 5.66. The summed E-state index contributed by atoms with van der Waals surface area (Å²) >= 11 is 0. The maximum absolute atomic E-state index is 12.2. The smallest absolute Gasteiger partial charge is 0.239 e. The Morgan fingerprint density at radius 1 is 0.833 bits per heavy atom. The zero-order valence-electron chi connectivity index (χ0n) is 17.3. The summed E-state index contributed by atoms with van der Waals surface area (Å²) in [5.74, 6) is 0.521. The quantitative estimate of drug-likeness (QED) is 0.505. The number of ether oxygens (including phenoxy) is 1. The summed E-state index contributed by atoms with van der Waals surface area (Å²) in [7, 11) is 0. The van der Waals surface area contributed by atoms with E-state index in [0.29, 0.717) is 13.2 Å². The van der Waals surface area contributed by atoms with E-state index in [2.05, 4.69) is 10.6 Å². The molecule has 0 saturated heterocycles. The van der Waals surface area contributed by atoms with Crippen LogP contribution in [0.3, 0.4) is 0 Å². The minimum atomic E-state index is -0.180. The Morgan fingerprint density at radius 3 is 2.43 bits per heavy atom. The Hall–Kier alpha value is -3.34. The normalized spacial score (nSPS) is 10.6. The number of hydrogen-bond acceptors (Lipinski definition) is 3. The lowest BCUT2D eigenvalue weighted by atomic mass is 10.0. The first-order valence-corrected chi connectivity index (χ1v) is 10.3. The van der Waals surface area contributed by atoms with Crippen molar-refractivity contribution in [2.45, 2.75) is 26.2 Å². The first-order valence-electron chi connectivity index (χ1n) is 10.3. The van der Waals surface area contributed by atoms with E-state index in [-0.39, 0.29) is 24.8 Å². The predicted octanol–water partition coefficient (Wildman–Crippen LogP) is 3.78. The number of unbranched alkanes of at least 4 members (excludes halogenated alkanes) is 1. The average molecular weight is 405 g/mol. The molecule has 0 fully saturated rings. The Morgan fingerprint density at radius 2 is 1.60 bits per heavy atom. The molecule has 0 heterocycles. The van der Waals surface area contributed by atoms with Gasteiger partial charge in [-0.3, -0.25) is 9.59 Å². The number of nitrogens with one attached hydrogen (secondary N) is 2. The van der Waals surface area contributed by atoms with Crippen LogP contribution in [0, 0.1) is 6.92 Å². The molecule has 0 aliphatic carbocycles. The first kappa shape index (κ1) is 21.4. The van der Waals surface area contributed by atoms with E-state index in [4.69, 9.17) is 4.74 Å². The van der Waals surface area contributed by atoms with Crippen molar-refractivity contribution in [1.82, 2.24) is 10.6 Å². The van der Waals surface area contributed by atoms with Crippen LogP contribution >= 0.6 is 0 Å². The molecular formula is C25H28N2O3. The van der Waals surface area contributed by atoms with Crippen molar-refractivity contribution in [3.8, 4) is 5.75 Å². The molecule has 0 aliphatic rings. The monoisotopic (exact) mass is 404 g/mol. The fourth-order valence-corrected chi connectivity index (χ4v) is 3.20. The van der Waals surface area contributed by atoms with Crippen molar-refractivity contribution >= 4 is 22.6 Å². The molecule has 0 spiro atoms. The van der Waals surface area contributed by atoms with E-state index in [1.54, 1.807) is 0 Å². The SMILES string of the molecule is Cc1ccc(OCCCCNC(=O)CNC(=O)Cc2cccc3ccccc23)cc1. The summed E-state index contributed by atoms with van der Waals surface area (Å²) in [6.07, 6.45) is 1.92. The number of carbonyl (C=O) groups is 2.